The summed E-state index contributed by atoms with van der Waals surface area (Å²) < 4.78 is 12.3. The molecule has 1 amide bonds. The predicted octanol–water partition coefficient (Wildman–Crippen LogP) is 4.32. The van der Waals surface area contributed by atoms with Crippen LogP contribution in [0.2, 0.25) is 0 Å². The number of hydrogen-bond donors (Lipinski definition) is 3. The molecule has 2 unspecified atom stereocenters. The molecule has 0 spiro atoms. The van der Waals surface area contributed by atoms with Crippen molar-refractivity contribution in [3.63, 3.8) is 0 Å². The second-order valence-electron chi connectivity index (χ2n) is 9.43. The van der Waals surface area contributed by atoms with Crippen molar-refractivity contribution in [2.45, 2.75) is 64.1 Å². The zero-order chi connectivity index (χ0) is 23.1. The summed E-state index contributed by atoms with van der Waals surface area (Å²) in [4.78, 5) is 12.9. The number of carbonyl (C=O) groups is 1. The van der Waals surface area contributed by atoms with Gasteiger partial charge in [-0.05, 0) is 74.4 Å². The maximum atomic E-state index is 12.9. The van der Waals surface area contributed by atoms with E-state index in [1.807, 2.05) is 42.5 Å². The molecule has 2 aliphatic heterocycles. The first-order chi connectivity index (χ1) is 16.1. The Hall–Kier alpha value is -2.57. The molecule has 1 fully saturated rings. The number of piperidine rings is 1. The summed E-state index contributed by atoms with van der Waals surface area (Å²) in [6.45, 7) is 4.19. The normalized spacial score (nSPS) is 20.1. The Morgan fingerprint density at radius 1 is 1.18 bits per heavy atom. The van der Waals surface area contributed by atoms with Gasteiger partial charge in [0.25, 0.3) is 0 Å². The summed E-state index contributed by atoms with van der Waals surface area (Å²) in [5.41, 5.74) is 1.69. The molecule has 6 nitrogen and oxygen atoms in total. The van der Waals surface area contributed by atoms with Crippen molar-refractivity contribution in [1.29, 1.82) is 0 Å². The van der Waals surface area contributed by atoms with Crippen LogP contribution in [-0.4, -0.2) is 42.9 Å². The Kier molecular flexibility index (Phi) is 7.89. The third-order valence-corrected chi connectivity index (χ3v) is 6.86. The zero-order valence-electron chi connectivity index (χ0n) is 19.5. The fourth-order valence-corrected chi connectivity index (χ4v) is 4.99. The topological polar surface area (TPSA) is 79.8 Å². The number of aryl methyl sites for hydroxylation is 1. The molecule has 1 saturated heterocycles. The molecule has 0 aromatic heterocycles. The van der Waals surface area contributed by atoms with Gasteiger partial charge >= 0.3 is 0 Å². The Morgan fingerprint density at radius 3 is 2.73 bits per heavy atom. The summed E-state index contributed by atoms with van der Waals surface area (Å²) in [6, 6.07) is 15.5. The molecule has 2 heterocycles. The third kappa shape index (κ3) is 6.06. The first-order valence-electron chi connectivity index (χ1n) is 12.2. The number of ether oxygens (including phenoxy) is 2. The van der Waals surface area contributed by atoms with Gasteiger partial charge in [-0.15, -0.1) is 0 Å². The quantitative estimate of drug-likeness (QED) is 0.528. The average Bonchev–Trinajstić information content (AvgIpc) is 2.83. The van der Waals surface area contributed by atoms with Crippen molar-refractivity contribution in [3.8, 4) is 11.5 Å². The molecular weight excluding hydrogens is 416 g/mol. The SMILES string of the molecule is CCCCc1cccc2c1OCC(C(O)CC1(CC(=O)Nc3ccccc3)CCNCC1)O2. The Morgan fingerprint density at radius 2 is 1.97 bits per heavy atom. The highest BCUT2D eigenvalue weighted by atomic mass is 16.6. The number of carbonyl (C=O) groups excluding carboxylic acids is 1. The molecule has 0 saturated carbocycles. The van der Waals surface area contributed by atoms with Crippen molar-refractivity contribution >= 4 is 11.6 Å². The number of aliphatic hydroxyl groups is 1. The van der Waals surface area contributed by atoms with Crippen LogP contribution in [-0.2, 0) is 11.2 Å². The van der Waals surface area contributed by atoms with E-state index < -0.39 is 12.2 Å². The lowest BCUT2D eigenvalue weighted by molar-refractivity contribution is -0.120. The second kappa shape index (κ2) is 11.0. The molecule has 6 heteroatoms. The van der Waals surface area contributed by atoms with Crippen molar-refractivity contribution in [1.82, 2.24) is 5.32 Å². The van der Waals surface area contributed by atoms with Gasteiger partial charge in [-0.1, -0.05) is 43.7 Å². The van der Waals surface area contributed by atoms with Crippen LogP contribution in [0.4, 0.5) is 5.69 Å². The summed E-state index contributed by atoms with van der Waals surface area (Å²) in [6.07, 6.45) is 4.62. The Labute approximate surface area is 196 Å². The number of aliphatic hydroxyl groups excluding tert-OH is 1. The van der Waals surface area contributed by atoms with Gasteiger partial charge in [-0.2, -0.15) is 0 Å². The van der Waals surface area contributed by atoms with E-state index in [2.05, 4.69) is 23.6 Å². The van der Waals surface area contributed by atoms with E-state index in [1.54, 1.807) is 0 Å². The van der Waals surface area contributed by atoms with E-state index in [0.29, 0.717) is 25.2 Å². The molecule has 33 heavy (non-hydrogen) atoms. The maximum absolute atomic E-state index is 12.9. The second-order valence-corrected chi connectivity index (χ2v) is 9.43. The molecule has 2 aromatic carbocycles. The number of benzene rings is 2. The molecule has 0 aliphatic carbocycles. The summed E-state index contributed by atoms with van der Waals surface area (Å²) in [5.74, 6) is 1.51. The lowest BCUT2D eigenvalue weighted by Crippen LogP contribution is -2.46. The molecule has 2 aromatic rings. The first-order valence-corrected chi connectivity index (χ1v) is 12.2. The summed E-state index contributed by atoms with van der Waals surface area (Å²) in [7, 11) is 0. The van der Waals surface area contributed by atoms with E-state index in [-0.39, 0.29) is 11.3 Å². The van der Waals surface area contributed by atoms with Gasteiger partial charge in [0.1, 0.15) is 6.61 Å². The minimum absolute atomic E-state index is 0.0120. The van der Waals surface area contributed by atoms with Crippen LogP contribution in [0.15, 0.2) is 48.5 Å². The van der Waals surface area contributed by atoms with Crippen LogP contribution in [0, 0.1) is 5.41 Å². The minimum Gasteiger partial charge on any atom is -0.485 e. The van der Waals surface area contributed by atoms with Gasteiger partial charge in [-0.3, -0.25) is 4.79 Å². The molecular formula is C27H36N2O4. The predicted molar refractivity (Wildman–Crippen MR) is 130 cm³/mol. The minimum atomic E-state index is -0.708. The van der Waals surface area contributed by atoms with E-state index >= 15 is 0 Å². The van der Waals surface area contributed by atoms with Crippen LogP contribution in [0.5, 0.6) is 11.5 Å². The van der Waals surface area contributed by atoms with Crippen molar-refractivity contribution in [3.05, 3.63) is 54.1 Å². The number of nitrogens with one attached hydrogen (secondary N) is 2. The van der Waals surface area contributed by atoms with E-state index in [9.17, 15) is 9.90 Å². The van der Waals surface area contributed by atoms with Crippen LogP contribution in [0.1, 0.15) is 51.0 Å². The molecule has 178 valence electrons. The number of fused-ring (bicyclic) bond motifs is 1. The largest absolute Gasteiger partial charge is 0.485 e. The molecule has 2 aliphatic rings. The summed E-state index contributed by atoms with van der Waals surface area (Å²) >= 11 is 0. The molecule has 4 rings (SSSR count). The third-order valence-electron chi connectivity index (χ3n) is 6.86. The first kappa shape index (κ1) is 23.6. The van der Waals surface area contributed by atoms with Crippen molar-refractivity contribution < 1.29 is 19.4 Å². The smallest absolute Gasteiger partial charge is 0.224 e. The van der Waals surface area contributed by atoms with Gasteiger partial charge in [-0.25, -0.2) is 0 Å². The highest BCUT2D eigenvalue weighted by Crippen LogP contribution is 2.41. The van der Waals surface area contributed by atoms with Gasteiger partial charge in [0, 0.05) is 12.1 Å². The zero-order valence-corrected chi connectivity index (χ0v) is 19.5. The number of rotatable bonds is 9. The number of anilines is 1. The fourth-order valence-electron chi connectivity index (χ4n) is 4.99. The van der Waals surface area contributed by atoms with Gasteiger partial charge in [0.15, 0.2) is 17.6 Å². The highest BCUT2D eigenvalue weighted by Gasteiger charge is 2.40. The Bertz CT molecular complexity index is 912. The van der Waals surface area contributed by atoms with Crippen LogP contribution in [0.25, 0.3) is 0 Å². The summed E-state index contributed by atoms with van der Waals surface area (Å²) in [5, 5.41) is 17.6. The van der Waals surface area contributed by atoms with Gasteiger partial charge in [0.05, 0.1) is 6.10 Å². The van der Waals surface area contributed by atoms with E-state index in [0.717, 1.165) is 62.2 Å². The van der Waals surface area contributed by atoms with Crippen molar-refractivity contribution in [2.24, 2.45) is 5.41 Å². The standard InChI is InChI=1S/C27H36N2O4/c1-2-3-8-20-9-7-12-23-26(20)32-19-24(33-23)22(30)17-27(13-15-28-16-14-27)18-25(31)29-21-10-5-4-6-11-21/h4-7,9-12,22,24,28,30H,2-3,8,13-19H2,1H3,(H,29,31). The average molecular weight is 453 g/mol. The molecule has 2 atom stereocenters. The monoisotopic (exact) mass is 452 g/mol. The lowest BCUT2D eigenvalue weighted by Gasteiger charge is -2.40. The Balaban J connectivity index is 1.41. The van der Waals surface area contributed by atoms with E-state index in [1.165, 1.54) is 0 Å². The molecule has 0 radical (unpaired) electrons. The number of unbranched alkanes of at least 4 members (excludes halogenated alkanes) is 1. The maximum Gasteiger partial charge on any atom is 0.224 e. The fraction of sp³-hybridized carbons (Fsp3) is 0.519. The van der Waals surface area contributed by atoms with E-state index in [4.69, 9.17) is 9.47 Å². The molecule has 0 bridgehead atoms. The number of amides is 1. The van der Waals surface area contributed by atoms with Crippen LogP contribution < -0.4 is 20.1 Å². The lowest BCUT2D eigenvalue weighted by atomic mass is 9.71. The van der Waals surface area contributed by atoms with Gasteiger partial charge in [0.2, 0.25) is 5.91 Å². The van der Waals surface area contributed by atoms with Crippen LogP contribution >= 0.6 is 0 Å². The number of para-hydroxylation sites is 2. The van der Waals surface area contributed by atoms with Gasteiger partial charge < -0.3 is 25.2 Å². The molecule has 3 N–H and O–H groups in total. The number of hydrogen-bond acceptors (Lipinski definition) is 5. The van der Waals surface area contributed by atoms with Crippen molar-refractivity contribution in [2.75, 3.05) is 25.0 Å². The van der Waals surface area contributed by atoms with Crippen LogP contribution in [0.3, 0.4) is 0 Å². The highest BCUT2D eigenvalue weighted by molar-refractivity contribution is 5.91.